The molecule has 0 aliphatic heterocycles. The van der Waals surface area contributed by atoms with Crippen molar-refractivity contribution < 1.29 is 9.72 Å². The van der Waals surface area contributed by atoms with Crippen molar-refractivity contribution in [2.24, 2.45) is 0 Å². The van der Waals surface area contributed by atoms with E-state index >= 15 is 0 Å². The van der Waals surface area contributed by atoms with Gasteiger partial charge in [-0.25, -0.2) is 0 Å². The lowest BCUT2D eigenvalue weighted by Crippen LogP contribution is -2.07. The summed E-state index contributed by atoms with van der Waals surface area (Å²) in [4.78, 5) is 21.0. The van der Waals surface area contributed by atoms with E-state index in [1.54, 1.807) is 13.0 Å². The van der Waals surface area contributed by atoms with Crippen molar-refractivity contribution in [1.29, 1.82) is 0 Å². The van der Waals surface area contributed by atoms with Crippen molar-refractivity contribution in [3.8, 4) is 0 Å². The van der Waals surface area contributed by atoms with Gasteiger partial charge in [0, 0.05) is 13.0 Å². The average Bonchev–Trinajstić information content (AvgIpc) is 2.08. The minimum Gasteiger partial charge on any atom is -0.326 e. The average molecular weight is 273 g/mol. The molecule has 0 saturated carbocycles. The maximum Gasteiger partial charge on any atom is 0.285 e. The Bertz CT molecular complexity index is 432. The van der Waals surface area contributed by atoms with E-state index in [9.17, 15) is 14.9 Å². The fraction of sp³-hybridized carbons (Fsp3) is 0.222. The van der Waals surface area contributed by atoms with E-state index in [1.165, 1.54) is 13.0 Å². The second-order valence-electron chi connectivity index (χ2n) is 3.06. The molecule has 0 bridgehead atoms. The van der Waals surface area contributed by atoms with Crippen molar-refractivity contribution >= 4 is 33.2 Å². The topological polar surface area (TPSA) is 72.2 Å². The monoisotopic (exact) mass is 272 g/mol. The summed E-state index contributed by atoms with van der Waals surface area (Å²) in [5.41, 5.74) is 1.16. The molecule has 1 N–H and O–H groups in total. The Morgan fingerprint density at radius 2 is 2.13 bits per heavy atom. The van der Waals surface area contributed by atoms with E-state index in [4.69, 9.17) is 0 Å². The number of nitro groups is 1. The van der Waals surface area contributed by atoms with Crippen LogP contribution in [0.25, 0.3) is 0 Å². The predicted octanol–water partition coefficient (Wildman–Crippen LogP) is 2.62. The van der Waals surface area contributed by atoms with Gasteiger partial charge in [-0.15, -0.1) is 0 Å². The summed E-state index contributed by atoms with van der Waals surface area (Å²) in [5, 5.41) is 13.2. The molecular formula is C9H9BrN2O3. The molecule has 0 unspecified atom stereocenters. The number of halogens is 1. The van der Waals surface area contributed by atoms with Gasteiger partial charge in [0.1, 0.15) is 0 Å². The van der Waals surface area contributed by atoms with Gasteiger partial charge in [-0.3, -0.25) is 14.9 Å². The van der Waals surface area contributed by atoms with Crippen LogP contribution in [0.4, 0.5) is 11.4 Å². The van der Waals surface area contributed by atoms with E-state index in [-0.39, 0.29) is 11.6 Å². The van der Waals surface area contributed by atoms with Gasteiger partial charge in [0.25, 0.3) is 5.69 Å². The summed E-state index contributed by atoms with van der Waals surface area (Å²) in [5.74, 6) is -0.255. The summed E-state index contributed by atoms with van der Waals surface area (Å²) in [6.45, 7) is 3.12. The Hall–Kier alpha value is -1.43. The largest absolute Gasteiger partial charge is 0.326 e. The molecule has 1 aromatic rings. The minimum atomic E-state index is -0.505. The van der Waals surface area contributed by atoms with Crippen molar-refractivity contribution in [2.45, 2.75) is 13.8 Å². The molecule has 15 heavy (non-hydrogen) atoms. The lowest BCUT2D eigenvalue weighted by atomic mass is 10.2. The highest BCUT2D eigenvalue weighted by molar-refractivity contribution is 9.10. The summed E-state index contributed by atoms with van der Waals surface area (Å²) in [7, 11) is 0. The van der Waals surface area contributed by atoms with Crippen LogP contribution in [0.2, 0.25) is 0 Å². The first-order chi connectivity index (χ1) is 6.91. The molecule has 0 heterocycles. The zero-order valence-corrected chi connectivity index (χ0v) is 9.79. The molecule has 1 amide bonds. The van der Waals surface area contributed by atoms with Gasteiger partial charge in [0.15, 0.2) is 0 Å². The number of carbonyl (C=O) groups is 1. The van der Waals surface area contributed by atoms with E-state index < -0.39 is 4.92 Å². The number of benzene rings is 1. The number of hydrogen-bond acceptors (Lipinski definition) is 3. The zero-order valence-electron chi connectivity index (χ0n) is 8.20. The normalized spacial score (nSPS) is 9.80. The highest BCUT2D eigenvalue weighted by Crippen LogP contribution is 2.30. The first kappa shape index (κ1) is 11.6. The highest BCUT2D eigenvalue weighted by atomic mass is 79.9. The molecule has 0 fully saturated rings. The van der Waals surface area contributed by atoms with Crippen molar-refractivity contribution in [3.63, 3.8) is 0 Å². The van der Waals surface area contributed by atoms with E-state index in [1.807, 2.05) is 0 Å². The smallest absolute Gasteiger partial charge is 0.285 e. The van der Waals surface area contributed by atoms with Crippen molar-refractivity contribution in [3.05, 3.63) is 32.3 Å². The van der Waals surface area contributed by atoms with Crippen LogP contribution < -0.4 is 5.32 Å². The number of anilines is 1. The maximum absolute atomic E-state index is 10.8. The predicted molar refractivity (Wildman–Crippen MR) is 59.8 cm³/mol. The molecule has 0 aliphatic carbocycles. The van der Waals surface area contributed by atoms with Crippen molar-refractivity contribution in [2.75, 3.05) is 5.32 Å². The van der Waals surface area contributed by atoms with Gasteiger partial charge < -0.3 is 5.32 Å². The van der Waals surface area contributed by atoms with Gasteiger partial charge in [-0.1, -0.05) is 0 Å². The fourth-order valence-electron chi connectivity index (χ4n) is 1.13. The number of nitrogens with zero attached hydrogens (tertiary/aromatic N) is 1. The first-order valence-electron chi connectivity index (χ1n) is 4.14. The second-order valence-corrected chi connectivity index (χ2v) is 3.91. The second kappa shape index (κ2) is 4.39. The molecule has 0 saturated heterocycles. The Labute approximate surface area is 94.8 Å². The third-order valence-electron chi connectivity index (χ3n) is 1.80. The number of rotatable bonds is 2. The number of aryl methyl sites for hydroxylation is 1. The third kappa shape index (κ3) is 2.76. The molecule has 6 heteroatoms. The number of carbonyl (C=O) groups excluding carboxylic acids is 1. The number of nitro benzene ring substituents is 1. The Balaban J connectivity index is 3.23. The van der Waals surface area contributed by atoms with Gasteiger partial charge in [0.05, 0.1) is 15.1 Å². The Morgan fingerprint density at radius 1 is 1.53 bits per heavy atom. The third-order valence-corrected chi connectivity index (χ3v) is 2.44. The van der Waals surface area contributed by atoms with Crippen LogP contribution in [-0.2, 0) is 4.79 Å². The standard InChI is InChI=1S/C9H9BrN2O3/c1-5-3-7(10)9(12(14)15)4-8(5)11-6(2)13/h3-4H,1-2H3,(H,11,13). The molecule has 0 aliphatic rings. The highest BCUT2D eigenvalue weighted by Gasteiger charge is 2.15. The summed E-state index contributed by atoms with van der Waals surface area (Å²) >= 11 is 3.09. The molecular weight excluding hydrogens is 264 g/mol. The van der Waals surface area contributed by atoms with E-state index in [0.717, 1.165) is 5.56 Å². The summed E-state index contributed by atoms with van der Waals surface area (Å²) in [6.07, 6.45) is 0. The van der Waals surface area contributed by atoms with Gasteiger partial charge in [-0.05, 0) is 34.5 Å². The molecule has 5 nitrogen and oxygen atoms in total. The van der Waals surface area contributed by atoms with Gasteiger partial charge >= 0.3 is 0 Å². The molecule has 1 rings (SSSR count). The fourth-order valence-corrected chi connectivity index (χ4v) is 1.73. The van der Waals surface area contributed by atoms with Gasteiger partial charge in [-0.2, -0.15) is 0 Å². The molecule has 0 aromatic heterocycles. The van der Waals surface area contributed by atoms with Crippen LogP contribution in [0.5, 0.6) is 0 Å². The Morgan fingerprint density at radius 3 is 2.60 bits per heavy atom. The summed E-state index contributed by atoms with van der Waals surface area (Å²) in [6, 6.07) is 2.93. The first-order valence-corrected chi connectivity index (χ1v) is 4.93. The van der Waals surface area contributed by atoms with Crippen molar-refractivity contribution in [1.82, 2.24) is 0 Å². The molecule has 80 valence electrons. The summed E-state index contributed by atoms with van der Waals surface area (Å²) < 4.78 is 0.402. The van der Waals surface area contributed by atoms with Crippen LogP contribution in [-0.4, -0.2) is 10.8 Å². The zero-order chi connectivity index (χ0) is 11.6. The molecule has 0 spiro atoms. The van der Waals surface area contributed by atoms with E-state index in [0.29, 0.717) is 10.2 Å². The van der Waals surface area contributed by atoms with Crippen LogP contribution in [0.1, 0.15) is 12.5 Å². The lowest BCUT2D eigenvalue weighted by Gasteiger charge is -2.06. The van der Waals surface area contributed by atoms with Crippen LogP contribution in [0.3, 0.4) is 0 Å². The minimum absolute atomic E-state index is 0.0654. The Kier molecular flexibility index (Phi) is 3.41. The lowest BCUT2D eigenvalue weighted by molar-refractivity contribution is -0.385. The number of hydrogen-bond donors (Lipinski definition) is 1. The van der Waals surface area contributed by atoms with Crippen LogP contribution >= 0.6 is 15.9 Å². The van der Waals surface area contributed by atoms with Gasteiger partial charge in [0.2, 0.25) is 5.91 Å². The SMILES string of the molecule is CC(=O)Nc1cc([N+](=O)[O-])c(Br)cc1C. The quantitative estimate of drug-likeness (QED) is 0.665. The van der Waals surface area contributed by atoms with E-state index in [2.05, 4.69) is 21.2 Å². The maximum atomic E-state index is 10.8. The molecule has 1 aromatic carbocycles. The van der Waals surface area contributed by atoms with Crippen LogP contribution in [0, 0.1) is 17.0 Å². The number of nitrogens with one attached hydrogen (secondary N) is 1. The van der Waals surface area contributed by atoms with Crippen LogP contribution in [0.15, 0.2) is 16.6 Å². The number of amides is 1. The molecule has 0 atom stereocenters. The molecule has 0 radical (unpaired) electrons.